The van der Waals surface area contributed by atoms with Crippen molar-refractivity contribution >= 4 is 5.91 Å². The van der Waals surface area contributed by atoms with Gasteiger partial charge in [0.25, 0.3) is 5.91 Å². The Balaban J connectivity index is 1.91. The highest BCUT2D eigenvalue weighted by Crippen LogP contribution is 2.29. The normalized spacial score (nSPS) is 12.0. The monoisotopic (exact) mass is 341 g/mol. The van der Waals surface area contributed by atoms with E-state index in [0.717, 1.165) is 5.56 Å². The largest absolute Gasteiger partial charge is 0.385 e. The van der Waals surface area contributed by atoms with Crippen LogP contribution < -0.4 is 5.32 Å². The molecule has 2 heterocycles. The third-order valence-electron chi connectivity index (χ3n) is 3.65. The number of nitrogens with zero attached hydrogens (tertiary/aromatic N) is 2. The maximum absolute atomic E-state index is 13.1. The molecule has 0 bridgehead atoms. The molecule has 1 aromatic carbocycles. The predicted molar refractivity (Wildman–Crippen MR) is 87.9 cm³/mol. The van der Waals surface area contributed by atoms with Gasteiger partial charge in [0.1, 0.15) is 23.2 Å². The van der Waals surface area contributed by atoms with Crippen LogP contribution in [0.4, 0.5) is 4.39 Å². The number of aliphatic hydroxyl groups excluding tert-OH is 1. The molecule has 1 atom stereocenters. The highest BCUT2D eigenvalue weighted by Gasteiger charge is 2.26. The summed E-state index contributed by atoms with van der Waals surface area (Å²) in [5.74, 6) is -0.772. The highest BCUT2D eigenvalue weighted by atomic mass is 19.1. The molecule has 0 saturated carbocycles. The standard InChI is InChI=1S/C18H16FN3O3/c1-11(23)17-15(18(24)21-10-12-6-8-20-9-7-12)16(22-25-17)13-2-4-14(19)5-3-13/h2-9,11,23H,10H2,1H3,(H,21,24). The quantitative estimate of drug-likeness (QED) is 0.745. The maximum atomic E-state index is 13.1. The van der Waals surface area contributed by atoms with Gasteiger partial charge >= 0.3 is 0 Å². The average Bonchev–Trinajstić information content (AvgIpc) is 3.06. The Morgan fingerprint density at radius 3 is 2.56 bits per heavy atom. The molecule has 0 aliphatic carbocycles. The molecular weight excluding hydrogens is 325 g/mol. The Bertz CT molecular complexity index is 861. The average molecular weight is 341 g/mol. The number of amides is 1. The van der Waals surface area contributed by atoms with Crippen molar-refractivity contribution in [2.24, 2.45) is 0 Å². The minimum absolute atomic E-state index is 0.0616. The van der Waals surface area contributed by atoms with E-state index in [2.05, 4.69) is 15.5 Å². The topological polar surface area (TPSA) is 88.2 Å². The molecule has 6 nitrogen and oxygen atoms in total. The van der Waals surface area contributed by atoms with Gasteiger partial charge in [0, 0.05) is 24.5 Å². The van der Waals surface area contributed by atoms with Crippen molar-refractivity contribution in [3.05, 3.63) is 71.5 Å². The lowest BCUT2D eigenvalue weighted by molar-refractivity contribution is 0.0938. The number of hydrogen-bond acceptors (Lipinski definition) is 5. The minimum atomic E-state index is -1.01. The predicted octanol–water partition coefficient (Wildman–Crippen LogP) is 2.86. The lowest BCUT2D eigenvalue weighted by atomic mass is 10.0. The van der Waals surface area contributed by atoms with E-state index in [1.54, 1.807) is 24.5 Å². The van der Waals surface area contributed by atoms with Gasteiger partial charge in [0.05, 0.1) is 0 Å². The zero-order chi connectivity index (χ0) is 17.8. The Hall–Kier alpha value is -3.06. The fourth-order valence-corrected chi connectivity index (χ4v) is 2.38. The number of hydrogen-bond donors (Lipinski definition) is 2. The number of halogens is 1. The summed E-state index contributed by atoms with van der Waals surface area (Å²) in [6.45, 7) is 1.77. The highest BCUT2D eigenvalue weighted by molar-refractivity contribution is 6.00. The smallest absolute Gasteiger partial charge is 0.257 e. The first-order chi connectivity index (χ1) is 12.1. The number of carbonyl (C=O) groups excluding carboxylic acids is 1. The molecule has 3 aromatic rings. The number of nitrogens with one attached hydrogen (secondary N) is 1. The fraction of sp³-hybridized carbons (Fsp3) is 0.167. The summed E-state index contributed by atoms with van der Waals surface area (Å²) < 4.78 is 18.3. The van der Waals surface area contributed by atoms with Crippen molar-refractivity contribution in [3.8, 4) is 11.3 Å². The second-order valence-electron chi connectivity index (χ2n) is 5.49. The second kappa shape index (κ2) is 7.23. The van der Waals surface area contributed by atoms with Crippen LogP contribution in [0, 0.1) is 5.82 Å². The SMILES string of the molecule is CC(O)c1onc(-c2ccc(F)cc2)c1C(=O)NCc1ccncc1. The molecule has 1 amide bonds. The maximum Gasteiger partial charge on any atom is 0.257 e. The van der Waals surface area contributed by atoms with Crippen LogP contribution in [0.3, 0.4) is 0 Å². The molecule has 2 N–H and O–H groups in total. The number of rotatable bonds is 5. The zero-order valence-electron chi connectivity index (χ0n) is 13.4. The molecule has 7 heteroatoms. The first-order valence-corrected chi connectivity index (χ1v) is 7.67. The van der Waals surface area contributed by atoms with Crippen molar-refractivity contribution in [1.82, 2.24) is 15.5 Å². The Morgan fingerprint density at radius 2 is 1.92 bits per heavy atom. The van der Waals surface area contributed by atoms with Gasteiger partial charge in [-0.05, 0) is 48.9 Å². The molecule has 0 saturated heterocycles. The van der Waals surface area contributed by atoms with E-state index in [9.17, 15) is 14.3 Å². The molecule has 3 rings (SSSR count). The summed E-state index contributed by atoms with van der Waals surface area (Å²) in [5, 5.41) is 16.5. The van der Waals surface area contributed by atoms with Crippen LogP contribution in [-0.2, 0) is 6.54 Å². The zero-order valence-corrected chi connectivity index (χ0v) is 13.4. The summed E-state index contributed by atoms with van der Waals surface area (Å²) in [7, 11) is 0. The van der Waals surface area contributed by atoms with E-state index in [4.69, 9.17) is 4.52 Å². The van der Waals surface area contributed by atoms with E-state index in [1.165, 1.54) is 31.2 Å². The van der Waals surface area contributed by atoms with Gasteiger partial charge in [-0.1, -0.05) is 5.16 Å². The van der Waals surface area contributed by atoms with E-state index in [0.29, 0.717) is 5.56 Å². The lowest BCUT2D eigenvalue weighted by Crippen LogP contribution is -2.24. The van der Waals surface area contributed by atoms with E-state index in [-0.39, 0.29) is 23.6 Å². The number of pyridine rings is 1. The molecule has 0 fully saturated rings. The molecule has 1 unspecified atom stereocenters. The molecule has 25 heavy (non-hydrogen) atoms. The van der Waals surface area contributed by atoms with Gasteiger partial charge in [0.15, 0.2) is 5.76 Å². The summed E-state index contributed by atoms with van der Waals surface area (Å²) in [4.78, 5) is 16.6. The molecule has 2 aromatic heterocycles. The molecule has 0 aliphatic heterocycles. The molecule has 0 spiro atoms. The van der Waals surface area contributed by atoms with Gasteiger partial charge in [-0.2, -0.15) is 0 Å². The van der Waals surface area contributed by atoms with Gasteiger partial charge in [-0.3, -0.25) is 9.78 Å². The van der Waals surface area contributed by atoms with Crippen molar-refractivity contribution < 1.29 is 18.8 Å². The van der Waals surface area contributed by atoms with Crippen molar-refractivity contribution in [3.63, 3.8) is 0 Å². The fourth-order valence-electron chi connectivity index (χ4n) is 2.38. The van der Waals surface area contributed by atoms with Crippen LogP contribution in [0.15, 0.2) is 53.3 Å². The Labute approximate surface area is 143 Å². The number of benzene rings is 1. The van der Waals surface area contributed by atoms with E-state index in [1.807, 2.05) is 0 Å². The minimum Gasteiger partial charge on any atom is -0.385 e. The van der Waals surface area contributed by atoms with Gasteiger partial charge < -0.3 is 14.9 Å². The summed E-state index contributed by atoms with van der Waals surface area (Å²) >= 11 is 0. The molecular formula is C18H16FN3O3. The van der Waals surface area contributed by atoms with Crippen molar-refractivity contribution in [1.29, 1.82) is 0 Å². The number of carbonyl (C=O) groups is 1. The molecule has 0 aliphatic rings. The van der Waals surface area contributed by atoms with E-state index >= 15 is 0 Å². The van der Waals surface area contributed by atoms with Gasteiger partial charge in [0.2, 0.25) is 0 Å². The van der Waals surface area contributed by atoms with E-state index < -0.39 is 17.8 Å². The molecule has 128 valence electrons. The number of aliphatic hydroxyl groups is 1. The first kappa shape index (κ1) is 16.8. The summed E-state index contributed by atoms with van der Waals surface area (Å²) in [6.07, 6.45) is 2.25. The Morgan fingerprint density at radius 1 is 1.24 bits per heavy atom. The van der Waals surface area contributed by atoms with Crippen LogP contribution in [0.25, 0.3) is 11.3 Å². The van der Waals surface area contributed by atoms with Crippen LogP contribution in [0.5, 0.6) is 0 Å². The van der Waals surface area contributed by atoms with Gasteiger partial charge in [-0.25, -0.2) is 4.39 Å². The van der Waals surface area contributed by atoms with Crippen LogP contribution in [0.1, 0.15) is 34.7 Å². The summed E-state index contributed by atoms with van der Waals surface area (Å²) in [6, 6.07) is 9.10. The van der Waals surface area contributed by atoms with Crippen LogP contribution in [0.2, 0.25) is 0 Å². The second-order valence-corrected chi connectivity index (χ2v) is 5.49. The van der Waals surface area contributed by atoms with Crippen molar-refractivity contribution in [2.45, 2.75) is 19.6 Å². The lowest BCUT2D eigenvalue weighted by Gasteiger charge is -2.08. The van der Waals surface area contributed by atoms with Gasteiger partial charge in [-0.15, -0.1) is 0 Å². The summed E-state index contributed by atoms with van der Waals surface area (Å²) in [5.41, 5.74) is 1.78. The van der Waals surface area contributed by atoms with Crippen LogP contribution in [-0.4, -0.2) is 21.2 Å². The molecule has 0 radical (unpaired) electrons. The third kappa shape index (κ3) is 3.72. The Kier molecular flexibility index (Phi) is 4.85. The van der Waals surface area contributed by atoms with Crippen molar-refractivity contribution in [2.75, 3.05) is 0 Å². The van der Waals surface area contributed by atoms with Crippen LogP contribution >= 0.6 is 0 Å². The third-order valence-corrected chi connectivity index (χ3v) is 3.65. The number of aromatic nitrogens is 2. The first-order valence-electron chi connectivity index (χ1n) is 7.67.